The molecule has 1 aliphatic rings. The van der Waals surface area contributed by atoms with Crippen LogP contribution in [0.5, 0.6) is 0 Å². The molecular weight excluding hydrogens is 465 g/mol. The quantitative estimate of drug-likeness (QED) is 0.287. The first-order valence-corrected chi connectivity index (χ1v) is 10.1. The lowest BCUT2D eigenvalue weighted by atomic mass is 9.93. The van der Waals surface area contributed by atoms with Crippen molar-refractivity contribution in [2.45, 2.75) is 53.1 Å². The summed E-state index contributed by atoms with van der Waals surface area (Å²) in [6.07, 6.45) is 8.03. The molecule has 3 heterocycles. The number of hydrogen-bond acceptors (Lipinski definition) is 3. The number of aryl methyl sites for hydroxylation is 3. The van der Waals surface area contributed by atoms with Gasteiger partial charge in [0.2, 0.25) is 0 Å². The SMILES string of the molecule is CCNC(=NCCCn1nc(C)cc1C)N1CCC(C)C(n2ccnc2)C1.I. The number of halogens is 1. The lowest BCUT2D eigenvalue weighted by Crippen LogP contribution is -2.49. The number of hydrogen-bond donors (Lipinski definition) is 1. The van der Waals surface area contributed by atoms with Crippen LogP contribution in [-0.2, 0) is 6.54 Å². The van der Waals surface area contributed by atoms with E-state index in [1.54, 1.807) is 0 Å². The van der Waals surface area contributed by atoms with Crippen molar-refractivity contribution in [3.8, 4) is 0 Å². The molecule has 2 unspecified atom stereocenters. The minimum atomic E-state index is 0. The van der Waals surface area contributed by atoms with Crippen molar-refractivity contribution in [2.75, 3.05) is 26.2 Å². The fourth-order valence-electron chi connectivity index (χ4n) is 3.83. The Morgan fingerprint density at radius 2 is 2.18 bits per heavy atom. The van der Waals surface area contributed by atoms with E-state index in [1.807, 2.05) is 19.4 Å². The summed E-state index contributed by atoms with van der Waals surface area (Å²) < 4.78 is 4.32. The molecule has 0 aromatic carbocycles. The van der Waals surface area contributed by atoms with E-state index in [2.05, 4.69) is 62.6 Å². The molecule has 0 radical (unpaired) electrons. The molecule has 7 nitrogen and oxygen atoms in total. The normalized spacial score (nSPS) is 20.1. The van der Waals surface area contributed by atoms with E-state index in [4.69, 9.17) is 4.99 Å². The number of rotatable bonds is 6. The van der Waals surface area contributed by atoms with Crippen LogP contribution in [-0.4, -0.2) is 56.4 Å². The van der Waals surface area contributed by atoms with Crippen LogP contribution in [0.25, 0.3) is 0 Å². The molecule has 1 fully saturated rings. The molecule has 1 saturated heterocycles. The van der Waals surface area contributed by atoms with Gasteiger partial charge in [0.15, 0.2) is 5.96 Å². The second-order valence-corrected chi connectivity index (χ2v) is 7.53. The lowest BCUT2D eigenvalue weighted by Gasteiger charge is -2.39. The van der Waals surface area contributed by atoms with Gasteiger partial charge in [-0.15, -0.1) is 24.0 Å². The maximum absolute atomic E-state index is 4.89. The van der Waals surface area contributed by atoms with E-state index in [-0.39, 0.29) is 24.0 Å². The molecule has 3 rings (SSSR count). The number of likely N-dealkylation sites (tertiary alicyclic amines) is 1. The predicted molar refractivity (Wildman–Crippen MR) is 124 cm³/mol. The van der Waals surface area contributed by atoms with E-state index in [0.29, 0.717) is 12.0 Å². The van der Waals surface area contributed by atoms with Crippen molar-refractivity contribution in [1.29, 1.82) is 0 Å². The minimum absolute atomic E-state index is 0. The Morgan fingerprint density at radius 1 is 1.36 bits per heavy atom. The van der Waals surface area contributed by atoms with Crippen molar-refractivity contribution in [3.05, 3.63) is 36.2 Å². The topological polar surface area (TPSA) is 63.3 Å². The maximum Gasteiger partial charge on any atom is 0.193 e. The summed E-state index contributed by atoms with van der Waals surface area (Å²) in [5.74, 6) is 1.67. The van der Waals surface area contributed by atoms with Crippen molar-refractivity contribution in [3.63, 3.8) is 0 Å². The first kappa shape index (κ1) is 22.7. The molecule has 0 aliphatic carbocycles. The van der Waals surface area contributed by atoms with Crippen LogP contribution in [0.4, 0.5) is 0 Å². The molecular formula is C20H34IN7. The first-order chi connectivity index (χ1) is 13.1. The minimum Gasteiger partial charge on any atom is -0.357 e. The highest BCUT2D eigenvalue weighted by atomic mass is 127. The standard InChI is InChI=1S/C20H33N7.HI/c1-5-22-20(23-8-6-10-27-18(4)13-17(3)24-27)25-11-7-16(2)19(14-25)26-12-9-21-15-26;/h9,12-13,15-16,19H,5-8,10-11,14H2,1-4H3,(H,22,23);1H. The van der Waals surface area contributed by atoms with Gasteiger partial charge in [-0.05, 0) is 45.6 Å². The van der Waals surface area contributed by atoms with Crippen LogP contribution >= 0.6 is 24.0 Å². The third-order valence-electron chi connectivity index (χ3n) is 5.35. The third kappa shape index (κ3) is 5.71. The van der Waals surface area contributed by atoms with Gasteiger partial charge in [0.1, 0.15) is 0 Å². The summed E-state index contributed by atoms with van der Waals surface area (Å²) in [4.78, 5) is 11.5. The van der Waals surface area contributed by atoms with E-state index >= 15 is 0 Å². The molecule has 0 saturated carbocycles. The highest BCUT2D eigenvalue weighted by molar-refractivity contribution is 14.0. The number of guanidine groups is 1. The summed E-state index contributed by atoms with van der Waals surface area (Å²) in [6.45, 7) is 13.2. The number of aromatic nitrogens is 4. The van der Waals surface area contributed by atoms with E-state index in [0.717, 1.165) is 50.8 Å². The van der Waals surface area contributed by atoms with Gasteiger partial charge in [-0.1, -0.05) is 6.92 Å². The Kier molecular flexibility index (Phi) is 8.78. The zero-order valence-corrected chi connectivity index (χ0v) is 19.8. The Morgan fingerprint density at radius 3 is 2.82 bits per heavy atom. The fraction of sp³-hybridized carbons (Fsp3) is 0.650. The second kappa shape index (κ2) is 10.8. The van der Waals surface area contributed by atoms with E-state index < -0.39 is 0 Å². The molecule has 0 amide bonds. The van der Waals surface area contributed by atoms with Gasteiger partial charge in [-0.3, -0.25) is 9.67 Å². The summed E-state index contributed by atoms with van der Waals surface area (Å²) in [5.41, 5.74) is 2.30. The Bertz CT molecular complexity index is 738. The largest absolute Gasteiger partial charge is 0.357 e. The Hall–Kier alpha value is -1.58. The molecule has 2 atom stereocenters. The highest BCUT2D eigenvalue weighted by Gasteiger charge is 2.28. The Labute approximate surface area is 185 Å². The van der Waals surface area contributed by atoms with Crippen LogP contribution < -0.4 is 5.32 Å². The zero-order valence-electron chi connectivity index (χ0n) is 17.5. The summed E-state index contributed by atoms with van der Waals surface area (Å²) in [7, 11) is 0. The number of nitrogens with one attached hydrogen (secondary N) is 1. The molecule has 2 aromatic rings. The van der Waals surface area contributed by atoms with Gasteiger partial charge in [0, 0.05) is 50.8 Å². The molecule has 0 bridgehead atoms. The van der Waals surface area contributed by atoms with Gasteiger partial charge in [-0.25, -0.2) is 4.98 Å². The zero-order chi connectivity index (χ0) is 19.2. The van der Waals surface area contributed by atoms with Crippen LogP contribution in [0.1, 0.15) is 44.1 Å². The van der Waals surface area contributed by atoms with Gasteiger partial charge in [0.05, 0.1) is 18.1 Å². The molecule has 156 valence electrons. The smallest absolute Gasteiger partial charge is 0.193 e. The van der Waals surface area contributed by atoms with Crippen molar-refractivity contribution in [1.82, 2.24) is 29.5 Å². The lowest BCUT2D eigenvalue weighted by molar-refractivity contribution is 0.189. The van der Waals surface area contributed by atoms with Crippen molar-refractivity contribution < 1.29 is 0 Å². The van der Waals surface area contributed by atoms with Gasteiger partial charge < -0.3 is 14.8 Å². The molecule has 2 aromatic heterocycles. The second-order valence-electron chi connectivity index (χ2n) is 7.53. The fourth-order valence-corrected chi connectivity index (χ4v) is 3.83. The highest BCUT2D eigenvalue weighted by Crippen LogP contribution is 2.27. The predicted octanol–water partition coefficient (Wildman–Crippen LogP) is 3.25. The monoisotopic (exact) mass is 499 g/mol. The Balaban J connectivity index is 0.00000280. The van der Waals surface area contributed by atoms with Crippen LogP contribution in [0.15, 0.2) is 29.8 Å². The summed E-state index contributed by atoms with van der Waals surface area (Å²) >= 11 is 0. The van der Waals surface area contributed by atoms with Crippen LogP contribution in [0.3, 0.4) is 0 Å². The summed E-state index contributed by atoms with van der Waals surface area (Å²) in [5, 5.41) is 8.01. The molecule has 28 heavy (non-hydrogen) atoms. The van der Waals surface area contributed by atoms with Crippen LogP contribution in [0.2, 0.25) is 0 Å². The number of piperidine rings is 1. The van der Waals surface area contributed by atoms with Crippen LogP contribution in [0, 0.1) is 19.8 Å². The molecule has 0 spiro atoms. The molecule has 1 aliphatic heterocycles. The average molecular weight is 499 g/mol. The average Bonchev–Trinajstić information content (AvgIpc) is 3.28. The van der Waals surface area contributed by atoms with E-state index in [1.165, 1.54) is 12.1 Å². The summed E-state index contributed by atoms with van der Waals surface area (Å²) in [6, 6.07) is 2.57. The first-order valence-electron chi connectivity index (χ1n) is 10.1. The maximum atomic E-state index is 4.89. The van der Waals surface area contributed by atoms with Gasteiger partial charge in [-0.2, -0.15) is 5.10 Å². The third-order valence-corrected chi connectivity index (χ3v) is 5.35. The van der Waals surface area contributed by atoms with Crippen molar-refractivity contribution >= 4 is 29.9 Å². The van der Waals surface area contributed by atoms with Crippen molar-refractivity contribution in [2.24, 2.45) is 10.9 Å². The van der Waals surface area contributed by atoms with E-state index in [9.17, 15) is 0 Å². The molecule has 8 heteroatoms. The number of nitrogens with zero attached hydrogens (tertiary/aromatic N) is 6. The van der Waals surface area contributed by atoms with Gasteiger partial charge >= 0.3 is 0 Å². The van der Waals surface area contributed by atoms with Gasteiger partial charge in [0.25, 0.3) is 0 Å². The molecule has 1 N–H and O–H groups in total. The number of imidazole rings is 1. The number of aliphatic imine (C=N–C) groups is 1.